The molecular weight excluding hydrogens is 332 g/mol. The lowest BCUT2D eigenvalue weighted by Crippen LogP contribution is -2.37. The van der Waals surface area contributed by atoms with Gasteiger partial charge in [0.25, 0.3) is 0 Å². The van der Waals surface area contributed by atoms with Gasteiger partial charge in [-0.3, -0.25) is 4.79 Å². The summed E-state index contributed by atoms with van der Waals surface area (Å²) in [6.07, 6.45) is 0.412. The molecule has 110 valence electrons. The van der Waals surface area contributed by atoms with Crippen LogP contribution in [0.2, 0.25) is 0 Å². The first-order valence-electron chi connectivity index (χ1n) is 6.56. The summed E-state index contributed by atoms with van der Waals surface area (Å²) in [4.78, 5) is 12.1. The summed E-state index contributed by atoms with van der Waals surface area (Å²) in [5.41, 5.74) is 8.60. The standard InChI is InChI=1S/C16H17BrN2O2/c1-10-2-7-13(17)15(8-10)19-16(21)14(18)9-11-3-5-12(20)6-4-11/h2-8,14,20H,9,18H2,1H3,(H,19,21)/t14-/m0/s1. The summed E-state index contributed by atoms with van der Waals surface area (Å²) >= 11 is 3.40. The summed E-state index contributed by atoms with van der Waals surface area (Å²) in [5, 5.41) is 12.1. The molecule has 2 aromatic rings. The predicted molar refractivity (Wildman–Crippen MR) is 87.3 cm³/mol. The predicted octanol–water partition coefficient (Wildman–Crippen LogP) is 2.97. The Morgan fingerprint density at radius 1 is 1.29 bits per heavy atom. The minimum absolute atomic E-state index is 0.195. The number of carbonyl (C=O) groups is 1. The molecule has 2 rings (SSSR count). The molecule has 0 radical (unpaired) electrons. The number of aryl methyl sites for hydroxylation is 1. The van der Waals surface area contributed by atoms with E-state index in [1.54, 1.807) is 24.3 Å². The van der Waals surface area contributed by atoms with E-state index < -0.39 is 6.04 Å². The Kier molecular flexibility index (Phi) is 4.98. The molecule has 0 saturated heterocycles. The maximum absolute atomic E-state index is 12.1. The number of phenols is 1. The monoisotopic (exact) mass is 348 g/mol. The van der Waals surface area contributed by atoms with E-state index in [0.717, 1.165) is 15.6 Å². The Morgan fingerprint density at radius 2 is 1.95 bits per heavy atom. The van der Waals surface area contributed by atoms with Crippen molar-refractivity contribution in [1.29, 1.82) is 0 Å². The van der Waals surface area contributed by atoms with Crippen LogP contribution in [0.1, 0.15) is 11.1 Å². The molecule has 0 aliphatic rings. The van der Waals surface area contributed by atoms with E-state index in [2.05, 4.69) is 21.2 Å². The van der Waals surface area contributed by atoms with E-state index >= 15 is 0 Å². The first-order valence-corrected chi connectivity index (χ1v) is 7.35. The maximum Gasteiger partial charge on any atom is 0.241 e. The first kappa shape index (κ1) is 15.5. The largest absolute Gasteiger partial charge is 0.508 e. The van der Waals surface area contributed by atoms with E-state index in [9.17, 15) is 9.90 Å². The molecule has 1 amide bonds. The van der Waals surface area contributed by atoms with Crippen LogP contribution in [0.3, 0.4) is 0 Å². The minimum atomic E-state index is -0.651. The fourth-order valence-electron chi connectivity index (χ4n) is 1.94. The van der Waals surface area contributed by atoms with Crippen LogP contribution in [0.5, 0.6) is 5.75 Å². The van der Waals surface area contributed by atoms with Crippen molar-refractivity contribution in [2.24, 2.45) is 5.73 Å². The zero-order chi connectivity index (χ0) is 15.4. The molecule has 0 aliphatic heterocycles. The molecule has 0 spiro atoms. The molecule has 5 heteroatoms. The van der Waals surface area contributed by atoms with Crippen LogP contribution in [-0.2, 0) is 11.2 Å². The molecule has 1 atom stereocenters. The van der Waals surface area contributed by atoms with Gasteiger partial charge in [0.2, 0.25) is 5.91 Å². The third-order valence-corrected chi connectivity index (χ3v) is 3.80. The van der Waals surface area contributed by atoms with Crippen LogP contribution in [0.4, 0.5) is 5.69 Å². The number of hydrogen-bond acceptors (Lipinski definition) is 3. The number of aromatic hydroxyl groups is 1. The van der Waals surface area contributed by atoms with Gasteiger partial charge in [-0.1, -0.05) is 18.2 Å². The number of benzene rings is 2. The van der Waals surface area contributed by atoms with Gasteiger partial charge in [0.15, 0.2) is 0 Å². The molecule has 4 nitrogen and oxygen atoms in total. The van der Waals surface area contributed by atoms with E-state index in [4.69, 9.17) is 5.73 Å². The molecule has 0 saturated carbocycles. The van der Waals surface area contributed by atoms with Gasteiger partial charge in [-0.15, -0.1) is 0 Å². The van der Waals surface area contributed by atoms with Crippen molar-refractivity contribution in [3.63, 3.8) is 0 Å². The second kappa shape index (κ2) is 6.74. The van der Waals surface area contributed by atoms with Crippen molar-refractivity contribution in [3.05, 3.63) is 58.1 Å². The summed E-state index contributed by atoms with van der Waals surface area (Å²) in [7, 11) is 0. The van der Waals surface area contributed by atoms with Crippen LogP contribution in [0.15, 0.2) is 46.9 Å². The fraction of sp³-hybridized carbons (Fsp3) is 0.188. The third-order valence-electron chi connectivity index (χ3n) is 3.11. The van der Waals surface area contributed by atoms with Gasteiger partial charge in [0.05, 0.1) is 11.7 Å². The first-order chi connectivity index (χ1) is 9.95. The van der Waals surface area contributed by atoms with Gasteiger partial charge < -0.3 is 16.2 Å². The van der Waals surface area contributed by atoms with Crippen molar-refractivity contribution in [1.82, 2.24) is 0 Å². The number of amides is 1. The lowest BCUT2D eigenvalue weighted by molar-refractivity contribution is -0.117. The van der Waals surface area contributed by atoms with Crippen molar-refractivity contribution in [2.45, 2.75) is 19.4 Å². The van der Waals surface area contributed by atoms with Gasteiger partial charge >= 0.3 is 0 Å². The molecule has 21 heavy (non-hydrogen) atoms. The number of nitrogens with two attached hydrogens (primary N) is 1. The molecule has 0 heterocycles. The summed E-state index contributed by atoms with van der Waals surface area (Å²) in [6.45, 7) is 1.96. The Balaban J connectivity index is 2.02. The number of anilines is 1. The Hall–Kier alpha value is -1.85. The van der Waals surface area contributed by atoms with Gasteiger partial charge in [0, 0.05) is 4.47 Å². The van der Waals surface area contributed by atoms with Crippen LogP contribution in [-0.4, -0.2) is 17.1 Å². The average Bonchev–Trinajstić information content (AvgIpc) is 2.45. The number of phenolic OH excluding ortho intramolecular Hbond substituents is 1. The summed E-state index contributed by atoms with van der Waals surface area (Å²) in [5.74, 6) is -0.0464. The Bertz CT molecular complexity index is 641. The van der Waals surface area contributed by atoms with Crippen molar-refractivity contribution in [2.75, 3.05) is 5.32 Å². The van der Waals surface area contributed by atoms with Crippen molar-refractivity contribution < 1.29 is 9.90 Å². The van der Waals surface area contributed by atoms with Gasteiger partial charge in [-0.05, 0) is 64.7 Å². The molecule has 4 N–H and O–H groups in total. The smallest absolute Gasteiger partial charge is 0.241 e. The van der Waals surface area contributed by atoms with E-state index in [1.165, 1.54) is 0 Å². The van der Waals surface area contributed by atoms with E-state index in [1.807, 2.05) is 25.1 Å². The van der Waals surface area contributed by atoms with Crippen LogP contribution < -0.4 is 11.1 Å². The topological polar surface area (TPSA) is 75.4 Å². The van der Waals surface area contributed by atoms with Gasteiger partial charge in [-0.2, -0.15) is 0 Å². The number of hydrogen-bond donors (Lipinski definition) is 3. The lowest BCUT2D eigenvalue weighted by atomic mass is 10.1. The molecule has 0 unspecified atom stereocenters. The lowest BCUT2D eigenvalue weighted by Gasteiger charge is -2.14. The van der Waals surface area contributed by atoms with Gasteiger partial charge in [-0.25, -0.2) is 0 Å². The number of nitrogens with one attached hydrogen (secondary N) is 1. The highest BCUT2D eigenvalue weighted by atomic mass is 79.9. The molecule has 0 aromatic heterocycles. The quantitative estimate of drug-likeness (QED) is 0.794. The number of carbonyl (C=O) groups excluding carboxylic acids is 1. The summed E-state index contributed by atoms with van der Waals surface area (Å²) in [6, 6.07) is 11.7. The van der Waals surface area contributed by atoms with Crippen LogP contribution in [0.25, 0.3) is 0 Å². The highest BCUT2D eigenvalue weighted by Gasteiger charge is 2.15. The molecular formula is C16H17BrN2O2. The Labute approximate surface area is 132 Å². The zero-order valence-corrected chi connectivity index (χ0v) is 13.2. The molecule has 2 aromatic carbocycles. The Morgan fingerprint density at radius 3 is 2.62 bits per heavy atom. The second-order valence-electron chi connectivity index (χ2n) is 4.95. The molecule has 0 fully saturated rings. The fourth-order valence-corrected chi connectivity index (χ4v) is 2.28. The normalized spacial score (nSPS) is 12.0. The SMILES string of the molecule is Cc1ccc(Br)c(NC(=O)[C@@H](N)Cc2ccc(O)cc2)c1. The van der Waals surface area contributed by atoms with Crippen LogP contribution in [0, 0.1) is 6.92 Å². The van der Waals surface area contributed by atoms with E-state index in [-0.39, 0.29) is 11.7 Å². The average molecular weight is 349 g/mol. The summed E-state index contributed by atoms with van der Waals surface area (Å²) < 4.78 is 0.818. The third kappa shape index (κ3) is 4.31. The minimum Gasteiger partial charge on any atom is -0.508 e. The van der Waals surface area contributed by atoms with Gasteiger partial charge in [0.1, 0.15) is 5.75 Å². The van der Waals surface area contributed by atoms with Crippen LogP contribution >= 0.6 is 15.9 Å². The van der Waals surface area contributed by atoms with Crippen molar-refractivity contribution >= 4 is 27.5 Å². The highest BCUT2D eigenvalue weighted by molar-refractivity contribution is 9.10. The number of rotatable bonds is 4. The molecule has 0 aliphatic carbocycles. The highest BCUT2D eigenvalue weighted by Crippen LogP contribution is 2.23. The number of halogens is 1. The maximum atomic E-state index is 12.1. The molecule has 0 bridgehead atoms. The second-order valence-corrected chi connectivity index (χ2v) is 5.80. The van der Waals surface area contributed by atoms with Crippen molar-refractivity contribution in [3.8, 4) is 5.75 Å². The zero-order valence-electron chi connectivity index (χ0n) is 11.6. The van der Waals surface area contributed by atoms with E-state index in [0.29, 0.717) is 12.1 Å².